The van der Waals surface area contributed by atoms with Gasteiger partial charge >= 0.3 is 5.97 Å². The van der Waals surface area contributed by atoms with Crippen molar-refractivity contribution in [1.29, 1.82) is 0 Å². The van der Waals surface area contributed by atoms with E-state index in [4.69, 9.17) is 10.8 Å². The van der Waals surface area contributed by atoms with Gasteiger partial charge in [-0.15, -0.1) is 0 Å². The van der Waals surface area contributed by atoms with Gasteiger partial charge in [-0.2, -0.15) is 0 Å². The van der Waals surface area contributed by atoms with Crippen molar-refractivity contribution in [3.05, 3.63) is 29.8 Å². The van der Waals surface area contributed by atoms with Crippen LogP contribution in [0.5, 0.6) is 0 Å². The molecule has 1 amide bonds. The van der Waals surface area contributed by atoms with E-state index in [2.05, 4.69) is 0 Å². The lowest BCUT2D eigenvalue weighted by molar-refractivity contribution is -0.138. The summed E-state index contributed by atoms with van der Waals surface area (Å²) in [7, 11) is 0. The summed E-state index contributed by atoms with van der Waals surface area (Å²) in [6.45, 7) is 2.28. The van der Waals surface area contributed by atoms with Crippen LogP contribution in [0.4, 0.5) is 5.69 Å². The summed E-state index contributed by atoms with van der Waals surface area (Å²) in [4.78, 5) is 26.4. The van der Waals surface area contributed by atoms with E-state index < -0.39 is 5.97 Å². The number of piperazine rings is 1. The number of nitrogens with zero attached hydrogens (tertiary/aromatic N) is 2. The zero-order valence-corrected chi connectivity index (χ0v) is 10.6. The lowest BCUT2D eigenvalue weighted by Gasteiger charge is -2.33. The molecule has 19 heavy (non-hydrogen) atoms. The number of hydrogen-bond acceptors (Lipinski definition) is 4. The zero-order chi connectivity index (χ0) is 13.8. The number of carbonyl (C=O) groups excluding carboxylic acids is 1. The Morgan fingerprint density at radius 3 is 2.47 bits per heavy atom. The summed E-state index contributed by atoms with van der Waals surface area (Å²) in [6, 6.07) is 6.89. The van der Waals surface area contributed by atoms with Gasteiger partial charge in [-0.3, -0.25) is 14.5 Å². The molecule has 1 aromatic carbocycles. The molecule has 1 fully saturated rings. The molecule has 3 N–H and O–H groups in total. The molecule has 0 saturated carbocycles. The molecule has 0 unspecified atom stereocenters. The second-order valence-electron chi connectivity index (χ2n) is 4.59. The van der Waals surface area contributed by atoms with Crippen LogP contribution in [0.25, 0.3) is 0 Å². The number of carboxylic acid groups (broad SMARTS) is 1. The van der Waals surface area contributed by atoms with Crippen molar-refractivity contribution in [2.24, 2.45) is 0 Å². The van der Waals surface area contributed by atoms with E-state index in [0.29, 0.717) is 37.4 Å². The first-order valence-corrected chi connectivity index (χ1v) is 6.15. The Kier molecular flexibility index (Phi) is 4.01. The Hall–Kier alpha value is -2.08. The molecule has 1 heterocycles. The van der Waals surface area contributed by atoms with Gasteiger partial charge in [-0.25, -0.2) is 0 Å². The minimum Gasteiger partial charge on any atom is -0.480 e. The number of amides is 1. The first kappa shape index (κ1) is 13.4. The fourth-order valence-electron chi connectivity index (χ4n) is 2.15. The van der Waals surface area contributed by atoms with Crippen molar-refractivity contribution in [3.63, 3.8) is 0 Å². The third-order valence-electron chi connectivity index (χ3n) is 3.15. The monoisotopic (exact) mass is 263 g/mol. The molecule has 102 valence electrons. The molecule has 6 heteroatoms. The molecular formula is C13H17N3O3. The summed E-state index contributed by atoms with van der Waals surface area (Å²) in [6.07, 6.45) is 0. The normalized spacial score (nSPS) is 16.3. The van der Waals surface area contributed by atoms with Gasteiger partial charge in [0.25, 0.3) is 5.91 Å². The van der Waals surface area contributed by atoms with E-state index in [0.717, 1.165) is 0 Å². The highest BCUT2D eigenvalue weighted by molar-refractivity contribution is 5.95. The summed E-state index contributed by atoms with van der Waals surface area (Å²) < 4.78 is 0. The largest absolute Gasteiger partial charge is 0.480 e. The molecule has 1 aromatic rings. The van der Waals surface area contributed by atoms with Gasteiger partial charge in [0.15, 0.2) is 0 Å². The van der Waals surface area contributed by atoms with Gasteiger partial charge in [0.2, 0.25) is 0 Å². The standard InChI is InChI=1S/C13H17N3O3/c14-11-3-1-2-10(8-11)13(19)16-6-4-15(5-7-16)9-12(17)18/h1-3,8H,4-7,9,14H2,(H,17,18). The Labute approximate surface area is 111 Å². The average molecular weight is 263 g/mol. The number of anilines is 1. The minimum atomic E-state index is -0.837. The maximum absolute atomic E-state index is 12.2. The number of carboxylic acids is 1. The van der Waals surface area contributed by atoms with E-state index in [1.54, 1.807) is 29.2 Å². The predicted octanol–water partition coefficient (Wildman–Crippen LogP) is 0.111. The van der Waals surface area contributed by atoms with Crippen LogP contribution >= 0.6 is 0 Å². The third kappa shape index (κ3) is 3.45. The molecule has 0 bridgehead atoms. The van der Waals surface area contributed by atoms with Crippen molar-refractivity contribution in [3.8, 4) is 0 Å². The molecular weight excluding hydrogens is 246 g/mol. The van der Waals surface area contributed by atoms with Crippen LogP contribution in [0, 0.1) is 0 Å². The summed E-state index contributed by atoms with van der Waals surface area (Å²) in [5.41, 5.74) is 6.80. The lowest BCUT2D eigenvalue weighted by atomic mass is 10.1. The van der Waals surface area contributed by atoms with Crippen LogP contribution < -0.4 is 5.73 Å². The second-order valence-corrected chi connectivity index (χ2v) is 4.59. The topological polar surface area (TPSA) is 86.9 Å². The van der Waals surface area contributed by atoms with Crippen molar-refractivity contribution < 1.29 is 14.7 Å². The van der Waals surface area contributed by atoms with E-state index in [1.807, 2.05) is 4.90 Å². The highest BCUT2D eigenvalue weighted by Gasteiger charge is 2.23. The number of rotatable bonds is 3. The SMILES string of the molecule is Nc1cccc(C(=O)N2CCN(CC(=O)O)CC2)c1. The highest BCUT2D eigenvalue weighted by atomic mass is 16.4. The minimum absolute atomic E-state index is 0.0281. The molecule has 0 spiro atoms. The van der Waals surface area contributed by atoms with E-state index in [1.165, 1.54) is 0 Å². The fourth-order valence-corrected chi connectivity index (χ4v) is 2.15. The number of nitrogen functional groups attached to an aromatic ring is 1. The smallest absolute Gasteiger partial charge is 0.317 e. The molecule has 1 aliphatic heterocycles. The lowest BCUT2D eigenvalue weighted by Crippen LogP contribution is -2.49. The van der Waals surface area contributed by atoms with Gasteiger partial charge in [0.1, 0.15) is 0 Å². The Morgan fingerprint density at radius 1 is 1.21 bits per heavy atom. The van der Waals surface area contributed by atoms with E-state index >= 15 is 0 Å². The Morgan fingerprint density at radius 2 is 1.89 bits per heavy atom. The van der Waals surface area contributed by atoms with Crippen LogP contribution in [-0.2, 0) is 4.79 Å². The molecule has 1 saturated heterocycles. The van der Waals surface area contributed by atoms with Gasteiger partial charge in [-0.1, -0.05) is 6.07 Å². The maximum atomic E-state index is 12.2. The predicted molar refractivity (Wildman–Crippen MR) is 70.8 cm³/mol. The van der Waals surface area contributed by atoms with Crippen molar-refractivity contribution in [2.45, 2.75) is 0 Å². The van der Waals surface area contributed by atoms with E-state index in [9.17, 15) is 9.59 Å². The number of nitrogens with two attached hydrogens (primary N) is 1. The van der Waals surface area contributed by atoms with Gasteiger partial charge in [-0.05, 0) is 18.2 Å². The zero-order valence-electron chi connectivity index (χ0n) is 10.6. The molecule has 1 aliphatic rings. The molecule has 0 aromatic heterocycles. The van der Waals surface area contributed by atoms with Crippen molar-refractivity contribution >= 4 is 17.6 Å². The van der Waals surface area contributed by atoms with Gasteiger partial charge < -0.3 is 15.7 Å². The molecule has 6 nitrogen and oxygen atoms in total. The van der Waals surface area contributed by atoms with Gasteiger partial charge in [0, 0.05) is 37.4 Å². The number of hydrogen-bond donors (Lipinski definition) is 2. The second kappa shape index (κ2) is 5.71. The quantitative estimate of drug-likeness (QED) is 0.756. The number of carbonyl (C=O) groups is 2. The fraction of sp³-hybridized carbons (Fsp3) is 0.385. The first-order chi connectivity index (χ1) is 9.06. The molecule has 0 aliphatic carbocycles. The van der Waals surface area contributed by atoms with Crippen LogP contribution in [0.2, 0.25) is 0 Å². The van der Waals surface area contributed by atoms with Crippen LogP contribution in [0.1, 0.15) is 10.4 Å². The van der Waals surface area contributed by atoms with Crippen molar-refractivity contribution in [1.82, 2.24) is 9.80 Å². The number of benzene rings is 1. The summed E-state index contributed by atoms with van der Waals surface area (Å²) in [5.74, 6) is -0.891. The van der Waals surface area contributed by atoms with Crippen molar-refractivity contribution in [2.75, 3.05) is 38.5 Å². The summed E-state index contributed by atoms with van der Waals surface area (Å²) in [5, 5.41) is 8.71. The third-order valence-corrected chi connectivity index (χ3v) is 3.15. The van der Waals surface area contributed by atoms with Crippen LogP contribution in [-0.4, -0.2) is 59.5 Å². The Bertz CT molecular complexity index is 482. The summed E-state index contributed by atoms with van der Waals surface area (Å²) >= 11 is 0. The molecule has 0 atom stereocenters. The van der Waals surface area contributed by atoms with Crippen LogP contribution in [0.3, 0.4) is 0 Å². The molecule has 2 rings (SSSR count). The average Bonchev–Trinajstić information content (AvgIpc) is 2.38. The number of aliphatic carboxylic acids is 1. The van der Waals surface area contributed by atoms with Gasteiger partial charge in [0.05, 0.1) is 6.54 Å². The first-order valence-electron chi connectivity index (χ1n) is 6.15. The van der Waals surface area contributed by atoms with E-state index in [-0.39, 0.29) is 12.5 Å². The highest BCUT2D eigenvalue weighted by Crippen LogP contribution is 2.11. The van der Waals surface area contributed by atoms with Crippen LogP contribution in [0.15, 0.2) is 24.3 Å². The molecule has 0 radical (unpaired) electrons. The Balaban J connectivity index is 1.94. The maximum Gasteiger partial charge on any atom is 0.317 e.